The standard InChI is InChI=1S/C42H29NSi/c1-4-16-30(17-5-1)43-37-25-13-10-23-35(37)42-38(43)29-28-34-33-22-11-14-26-39(33)44(31-18-6-2-7-19-31,32-20-8-3-9-21-32)40-27-15-12-24-36(40)41(34)42/h1-29H. The fraction of sp³-hybridized carbons (Fsp3) is 0. The molecule has 206 valence electrons. The summed E-state index contributed by atoms with van der Waals surface area (Å²) in [4.78, 5) is 0. The van der Waals surface area contributed by atoms with E-state index in [0.29, 0.717) is 0 Å². The highest BCUT2D eigenvalue weighted by molar-refractivity contribution is 7.21. The fourth-order valence-corrected chi connectivity index (χ4v) is 13.0. The molecule has 0 spiro atoms. The summed E-state index contributed by atoms with van der Waals surface area (Å²) >= 11 is 0. The maximum absolute atomic E-state index is 2.74. The minimum atomic E-state index is -2.74. The van der Waals surface area contributed by atoms with Gasteiger partial charge in [0.05, 0.1) is 11.0 Å². The molecule has 0 saturated heterocycles. The second-order valence-corrected chi connectivity index (χ2v) is 15.4. The highest BCUT2D eigenvalue weighted by atomic mass is 28.3. The molecule has 8 aromatic rings. The van der Waals surface area contributed by atoms with Crippen molar-refractivity contribution in [3.05, 3.63) is 176 Å². The van der Waals surface area contributed by atoms with Crippen molar-refractivity contribution in [1.82, 2.24) is 4.57 Å². The van der Waals surface area contributed by atoms with Crippen LogP contribution in [0.15, 0.2) is 176 Å². The highest BCUT2D eigenvalue weighted by Crippen LogP contribution is 2.45. The van der Waals surface area contributed by atoms with E-state index >= 15 is 0 Å². The van der Waals surface area contributed by atoms with Crippen LogP contribution in [0.1, 0.15) is 0 Å². The molecular formula is C42H29NSi. The molecule has 9 rings (SSSR count). The van der Waals surface area contributed by atoms with Gasteiger partial charge in [0.1, 0.15) is 0 Å². The van der Waals surface area contributed by atoms with E-state index in [1.54, 1.807) is 0 Å². The molecule has 2 heteroatoms. The van der Waals surface area contributed by atoms with Gasteiger partial charge < -0.3 is 4.57 Å². The Hall–Kier alpha value is -5.44. The minimum absolute atomic E-state index is 1.18. The zero-order valence-corrected chi connectivity index (χ0v) is 25.2. The average Bonchev–Trinajstić information content (AvgIpc) is 3.39. The predicted octanol–water partition coefficient (Wildman–Crippen LogP) is 7.81. The maximum atomic E-state index is 2.43. The Bertz CT molecular complexity index is 2280. The van der Waals surface area contributed by atoms with Gasteiger partial charge in [0.25, 0.3) is 0 Å². The van der Waals surface area contributed by atoms with Crippen LogP contribution < -0.4 is 20.7 Å². The molecule has 0 unspecified atom stereocenters. The minimum Gasteiger partial charge on any atom is -0.309 e. The predicted molar refractivity (Wildman–Crippen MR) is 189 cm³/mol. The maximum Gasteiger partial charge on any atom is 0.180 e. The van der Waals surface area contributed by atoms with E-state index in [-0.39, 0.29) is 0 Å². The molecule has 0 radical (unpaired) electrons. The third-order valence-corrected chi connectivity index (χ3v) is 14.4. The number of fused-ring (bicyclic) bond motifs is 9. The van der Waals surface area contributed by atoms with Gasteiger partial charge in [-0.2, -0.15) is 0 Å². The third-order valence-electron chi connectivity index (χ3n) is 9.49. The van der Waals surface area contributed by atoms with Crippen LogP contribution >= 0.6 is 0 Å². The van der Waals surface area contributed by atoms with E-state index < -0.39 is 8.07 Å². The SMILES string of the molecule is c1ccc(-n2c3ccccc3c3c4c(ccc32)-c2ccccc2[Si](c2ccccc2)(c2ccccc2)c2ccccc2-4)cc1. The zero-order valence-electron chi connectivity index (χ0n) is 24.2. The van der Waals surface area contributed by atoms with Crippen LogP contribution in [0.2, 0.25) is 0 Å². The van der Waals surface area contributed by atoms with Crippen LogP contribution in [0.4, 0.5) is 0 Å². The number of aromatic nitrogens is 1. The average molecular weight is 576 g/mol. The van der Waals surface area contributed by atoms with E-state index in [2.05, 4.69) is 180 Å². The van der Waals surface area contributed by atoms with Gasteiger partial charge in [-0.3, -0.25) is 0 Å². The molecule has 2 heterocycles. The molecule has 1 aromatic heterocycles. The molecule has 1 aliphatic rings. The molecule has 0 bridgehead atoms. The van der Waals surface area contributed by atoms with Crippen molar-refractivity contribution in [3.63, 3.8) is 0 Å². The summed E-state index contributed by atoms with van der Waals surface area (Å²) in [5.74, 6) is 0. The van der Waals surface area contributed by atoms with Crippen LogP contribution in [0.25, 0.3) is 49.7 Å². The fourth-order valence-electron chi connectivity index (χ4n) is 7.80. The first-order valence-corrected chi connectivity index (χ1v) is 17.3. The van der Waals surface area contributed by atoms with Crippen LogP contribution in [0.3, 0.4) is 0 Å². The molecule has 1 aliphatic heterocycles. The van der Waals surface area contributed by atoms with Gasteiger partial charge in [-0.1, -0.05) is 152 Å². The molecule has 0 amide bonds. The Morgan fingerprint density at radius 2 is 0.886 bits per heavy atom. The Morgan fingerprint density at radius 3 is 1.57 bits per heavy atom. The van der Waals surface area contributed by atoms with Crippen LogP contribution in [0.5, 0.6) is 0 Å². The Kier molecular flexibility index (Phi) is 5.59. The van der Waals surface area contributed by atoms with Crippen LogP contribution in [-0.2, 0) is 0 Å². The van der Waals surface area contributed by atoms with Gasteiger partial charge in [-0.05, 0) is 67.3 Å². The Labute approximate surface area is 258 Å². The first kappa shape index (κ1) is 25.1. The lowest BCUT2D eigenvalue weighted by atomic mass is 9.90. The first-order chi connectivity index (χ1) is 21.9. The summed E-state index contributed by atoms with van der Waals surface area (Å²) in [6, 6.07) is 65.4. The lowest BCUT2D eigenvalue weighted by Crippen LogP contribution is -2.75. The number of rotatable bonds is 3. The smallest absolute Gasteiger partial charge is 0.180 e. The van der Waals surface area contributed by atoms with Crippen molar-refractivity contribution in [2.45, 2.75) is 0 Å². The van der Waals surface area contributed by atoms with Crippen molar-refractivity contribution >= 4 is 50.6 Å². The van der Waals surface area contributed by atoms with Gasteiger partial charge in [-0.25, -0.2) is 0 Å². The summed E-state index contributed by atoms with van der Waals surface area (Å²) < 4.78 is 2.43. The number of hydrogen-bond acceptors (Lipinski definition) is 0. The lowest BCUT2D eigenvalue weighted by molar-refractivity contribution is 1.18. The number of para-hydroxylation sites is 2. The second-order valence-electron chi connectivity index (χ2n) is 11.6. The normalized spacial score (nSPS) is 13.2. The molecular weight excluding hydrogens is 547 g/mol. The number of nitrogens with zero attached hydrogens (tertiary/aromatic N) is 1. The summed E-state index contributed by atoms with van der Waals surface area (Å²) in [6.07, 6.45) is 0. The molecule has 44 heavy (non-hydrogen) atoms. The van der Waals surface area contributed by atoms with Gasteiger partial charge >= 0.3 is 0 Å². The second kappa shape index (κ2) is 9.80. The summed E-state index contributed by atoms with van der Waals surface area (Å²) in [5.41, 5.74) is 8.94. The van der Waals surface area contributed by atoms with Crippen molar-refractivity contribution in [2.24, 2.45) is 0 Å². The van der Waals surface area contributed by atoms with Gasteiger partial charge in [-0.15, -0.1) is 0 Å². The van der Waals surface area contributed by atoms with E-state index in [4.69, 9.17) is 0 Å². The number of benzene rings is 7. The summed E-state index contributed by atoms with van der Waals surface area (Å²) in [6.45, 7) is 0. The van der Waals surface area contributed by atoms with Crippen molar-refractivity contribution in [2.75, 3.05) is 0 Å². The third kappa shape index (κ3) is 3.40. The van der Waals surface area contributed by atoms with Crippen molar-refractivity contribution < 1.29 is 0 Å². The van der Waals surface area contributed by atoms with Crippen molar-refractivity contribution in [3.8, 4) is 27.9 Å². The largest absolute Gasteiger partial charge is 0.309 e. The van der Waals surface area contributed by atoms with Crippen LogP contribution in [-0.4, -0.2) is 12.6 Å². The summed E-state index contributed by atoms with van der Waals surface area (Å²) in [7, 11) is -2.74. The lowest BCUT2D eigenvalue weighted by Gasteiger charge is -2.35. The van der Waals surface area contributed by atoms with E-state index in [1.807, 2.05) is 0 Å². The molecule has 0 N–H and O–H groups in total. The molecule has 0 fully saturated rings. The summed E-state index contributed by atoms with van der Waals surface area (Å²) in [5, 5.41) is 8.28. The molecule has 0 atom stereocenters. The quantitative estimate of drug-likeness (QED) is 0.189. The Morgan fingerprint density at radius 1 is 0.364 bits per heavy atom. The topological polar surface area (TPSA) is 4.93 Å². The molecule has 0 aliphatic carbocycles. The molecule has 1 nitrogen and oxygen atoms in total. The van der Waals surface area contributed by atoms with E-state index in [1.165, 1.54) is 70.5 Å². The van der Waals surface area contributed by atoms with E-state index in [9.17, 15) is 0 Å². The highest BCUT2D eigenvalue weighted by Gasteiger charge is 2.46. The van der Waals surface area contributed by atoms with E-state index in [0.717, 1.165) is 0 Å². The monoisotopic (exact) mass is 575 g/mol. The van der Waals surface area contributed by atoms with Gasteiger partial charge in [0, 0.05) is 16.5 Å². The zero-order chi connectivity index (χ0) is 29.1. The Balaban J connectivity index is 1.52. The first-order valence-electron chi connectivity index (χ1n) is 15.3. The van der Waals surface area contributed by atoms with Gasteiger partial charge in [0.15, 0.2) is 8.07 Å². The van der Waals surface area contributed by atoms with Crippen LogP contribution in [0, 0.1) is 0 Å². The van der Waals surface area contributed by atoms with Crippen molar-refractivity contribution in [1.29, 1.82) is 0 Å². The van der Waals surface area contributed by atoms with Gasteiger partial charge in [0.2, 0.25) is 0 Å². The number of hydrogen-bond donors (Lipinski definition) is 0. The molecule has 0 saturated carbocycles. The molecule has 7 aromatic carbocycles.